The SMILES string of the molecule is CCOC(=O)C(=O)NNC(=O)Cc1cc(C2CC2)cn2cc(CN=CC(=NN)C(=O)OC(C)(C)C)nc12. The summed E-state index contributed by atoms with van der Waals surface area (Å²) in [5.41, 5.74) is 6.26. The Kier molecular flexibility index (Phi) is 8.58. The maximum absolute atomic E-state index is 12.5. The van der Waals surface area contributed by atoms with E-state index >= 15 is 0 Å². The van der Waals surface area contributed by atoms with Crippen molar-refractivity contribution in [1.29, 1.82) is 0 Å². The minimum absolute atomic E-state index is 0.0414. The lowest BCUT2D eigenvalue weighted by Gasteiger charge is -2.18. The van der Waals surface area contributed by atoms with E-state index in [2.05, 4.69) is 25.2 Å². The van der Waals surface area contributed by atoms with E-state index in [1.165, 1.54) is 6.21 Å². The number of nitrogens with one attached hydrogen (secondary N) is 2. The van der Waals surface area contributed by atoms with Gasteiger partial charge in [-0.2, -0.15) is 5.10 Å². The molecule has 2 amide bonds. The first-order valence-corrected chi connectivity index (χ1v) is 11.8. The lowest BCUT2D eigenvalue weighted by atomic mass is 10.1. The number of aliphatic imine (C=N–C) groups is 1. The second kappa shape index (κ2) is 11.6. The number of nitrogens with two attached hydrogens (primary N) is 1. The molecule has 4 N–H and O–H groups in total. The van der Waals surface area contributed by atoms with Gasteiger partial charge in [0, 0.05) is 18.0 Å². The molecule has 1 aliphatic rings. The molecule has 2 aromatic heterocycles. The van der Waals surface area contributed by atoms with Crippen molar-refractivity contribution in [2.45, 2.75) is 65.0 Å². The summed E-state index contributed by atoms with van der Waals surface area (Å²) in [6.45, 7) is 6.93. The molecule has 13 nitrogen and oxygen atoms in total. The molecule has 0 radical (unpaired) electrons. The van der Waals surface area contributed by atoms with Gasteiger partial charge in [0.25, 0.3) is 0 Å². The number of nitrogens with zero attached hydrogens (tertiary/aromatic N) is 4. The summed E-state index contributed by atoms with van der Waals surface area (Å²) in [6, 6.07) is 1.92. The van der Waals surface area contributed by atoms with Gasteiger partial charge < -0.3 is 19.7 Å². The summed E-state index contributed by atoms with van der Waals surface area (Å²) in [6.07, 6.45) is 7.01. The van der Waals surface area contributed by atoms with Gasteiger partial charge in [0.2, 0.25) is 5.91 Å². The molecule has 37 heavy (non-hydrogen) atoms. The van der Waals surface area contributed by atoms with E-state index in [-0.39, 0.29) is 25.3 Å². The zero-order valence-corrected chi connectivity index (χ0v) is 21.2. The Morgan fingerprint density at radius 2 is 1.92 bits per heavy atom. The monoisotopic (exact) mass is 513 g/mol. The smallest absolute Gasteiger partial charge is 0.398 e. The van der Waals surface area contributed by atoms with E-state index in [1.54, 1.807) is 33.9 Å². The second-order valence-corrected chi connectivity index (χ2v) is 9.42. The molecule has 0 aliphatic heterocycles. The predicted molar refractivity (Wildman–Crippen MR) is 133 cm³/mol. The molecular formula is C24H31N7O6. The first-order valence-electron chi connectivity index (χ1n) is 11.8. The minimum Gasteiger partial charge on any atom is -0.459 e. The zero-order chi connectivity index (χ0) is 27.2. The average molecular weight is 514 g/mol. The quantitative estimate of drug-likeness (QED) is 0.152. The molecule has 198 valence electrons. The summed E-state index contributed by atoms with van der Waals surface area (Å²) < 4.78 is 11.7. The molecule has 2 heterocycles. The van der Waals surface area contributed by atoms with E-state index in [0.717, 1.165) is 18.4 Å². The predicted octanol–water partition coefficient (Wildman–Crippen LogP) is 0.692. The Hall–Kier alpha value is -4.29. The number of carbonyl (C=O) groups is 4. The number of imidazole rings is 1. The van der Waals surface area contributed by atoms with Crippen molar-refractivity contribution in [2.24, 2.45) is 15.9 Å². The zero-order valence-electron chi connectivity index (χ0n) is 21.2. The van der Waals surface area contributed by atoms with Crippen LogP contribution in [0.25, 0.3) is 5.65 Å². The Morgan fingerprint density at radius 3 is 2.54 bits per heavy atom. The van der Waals surface area contributed by atoms with Gasteiger partial charge in [-0.3, -0.25) is 25.4 Å². The maximum atomic E-state index is 12.5. The number of pyridine rings is 1. The number of aromatic nitrogens is 2. The highest BCUT2D eigenvalue weighted by Gasteiger charge is 2.26. The van der Waals surface area contributed by atoms with Gasteiger partial charge in [-0.15, -0.1) is 0 Å². The molecule has 0 unspecified atom stereocenters. The lowest BCUT2D eigenvalue weighted by molar-refractivity contribution is -0.155. The Labute approximate surface area is 213 Å². The molecule has 0 atom stereocenters. The normalized spacial score (nSPS) is 14.0. The van der Waals surface area contributed by atoms with E-state index < -0.39 is 29.4 Å². The number of hydrazine groups is 1. The number of rotatable bonds is 8. The van der Waals surface area contributed by atoms with Gasteiger partial charge >= 0.3 is 17.8 Å². The third kappa shape index (κ3) is 7.85. The van der Waals surface area contributed by atoms with Crippen LogP contribution in [0.3, 0.4) is 0 Å². The van der Waals surface area contributed by atoms with Crippen molar-refractivity contribution < 1.29 is 28.7 Å². The summed E-state index contributed by atoms with van der Waals surface area (Å²) in [5.74, 6) is 2.35. The average Bonchev–Trinajstić information content (AvgIpc) is 3.59. The molecule has 1 fully saturated rings. The van der Waals surface area contributed by atoms with Gasteiger partial charge in [0.1, 0.15) is 11.2 Å². The van der Waals surface area contributed by atoms with Crippen LogP contribution in [0.5, 0.6) is 0 Å². The number of amides is 2. The summed E-state index contributed by atoms with van der Waals surface area (Å²) in [7, 11) is 0. The number of fused-ring (bicyclic) bond motifs is 1. The van der Waals surface area contributed by atoms with Crippen molar-refractivity contribution in [3.05, 3.63) is 35.3 Å². The fourth-order valence-corrected chi connectivity index (χ4v) is 3.38. The second-order valence-electron chi connectivity index (χ2n) is 9.42. The van der Waals surface area contributed by atoms with Crippen LogP contribution in [0, 0.1) is 0 Å². The van der Waals surface area contributed by atoms with Gasteiger partial charge in [-0.1, -0.05) is 0 Å². The maximum Gasteiger partial charge on any atom is 0.398 e. The lowest BCUT2D eigenvalue weighted by Crippen LogP contribution is -2.46. The summed E-state index contributed by atoms with van der Waals surface area (Å²) in [5, 5.41) is 3.45. The molecule has 0 aromatic carbocycles. The number of esters is 2. The van der Waals surface area contributed by atoms with E-state index in [1.807, 2.05) is 22.1 Å². The van der Waals surface area contributed by atoms with Crippen LogP contribution in [0.15, 0.2) is 28.6 Å². The highest BCUT2D eigenvalue weighted by molar-refractivity contribution is 6.59. The molecule has 0 saturated heterocycles. The molecule has 2 aromatic rings. The number of hydrogen-bond donors (Lipinski definition) is 3. The fraction of sp³-hybridized carbons (Fsp3) is 0.458. The molecule has 1 aliphatic carbocycles. The highest BCUT2D eigenvalue weighted by atomic mass is 16.6. The van der Waals surface area contributed by atoms with Gasteiger partial charge in [0.05, 0.1) is 31.5 Å². The largest absolute Gasteiger partial charge is 0.459 e. The highest BCUT2D eigenvalue weighted by Crippen LogP contribution is 2.40. The minimum atomic E-state index is -1.09. The first-order chi connectivity index (χ1) is 17.5. The third-order valence-corrected chi connectivity index (χ3v) is 5.09. The molecular weight excluding hydrogens is 482 g/mol. The van der Waals surface area contributed by atoms with Crippen LogP contribution in [0.4, 0.5) is 0 Å². The molecule has 1 saturated carbocycles. The van der Waals surface area contributed by atoms with Gasteiger partial charge in [0.15, 0.2) is 5.71 Å². The van der Waals surface area contributed by atoms with Crippen LogP contribution in [0.1, 0.15) is 63.3 Å². The van der Waals surface area contributed by atoms with Gasteiger partial charge in [-0.25, -0.2) is 14.6 Å². The van der Waals surface area contributed by atoms with E-state index in [9.17, 15) is 19.2 Å². The Morgan fingerprint density at radius 1 is 1.19 bits per heavy atom. The van der Waals surface area contributed by atoms with Crippen molar-refractivity contribution in [3.8, 4) is 0 Å². The molecule has 0 spiro atoms. The summed E-state index contributed by atoms with van der Waals surface area (Å²) >= 11 is 0. The van der Waals surface area contributed by atoms with Crippen molar-refractivity contribution in [2.75, 3.05) is 6.61 Å². The van der Waals surface area contributed by atoms with Crippen LogP contribution >= 0.6 is 0 Å². The van der Waals surface area contributed by atoms with Crippen LogP contribution in [0.2, 0.25) is 0 Å². The molecule has 0 bridgehead atoms. The topological polar surface area (TPSA) is 179 Å². The van der Waals surface area contributed by atoms with E-state index in [0.29, 0.717) is 22.8 Å². The number of ether oxygens (including phenoxy) is 2. The summed E-state index contributed by atoms with van der Waals surface area (Å²) in [4.78, 5) is 56.5. The van der Waals surface area contributed by atoms with Crippen LogP contribution < -0.4 is 16.7 Å². The number of hydrogen-bond acceptors (Lipinski definition) is 10. The van der Waals surface area contributed by atoms with Crippen LogP contribution in [-0.2, 0) is 41.6 Å². The molecule has 13 heteroatoms. The van der Waals surface area contributed by atoms with Crippen molar-refractivity contribution in [1.82, 2.24) is 20.2 Å². The van der Waals surface area contributed by atoms with Gasteiger partial charge in [-0.05, 0) is 58.1 Å². The fourth-order valence-electron chi connectivity index (χ4n) is 3.38. The Balaban J connectivity index is 1.73. The number of hydrazone groups is 1. The number of carbonyl (C=O) groups excluding carboxylic acids is 4. The standard InChI is InChI=1S/C24H31N7O6/c1-5-36-23(35)21(33)30-29-19(32)9-15-8-16(14-6-7-14)12-31-13-17(27-20(15)31)10-26-11-18(28-25)22(34)37-24(2,3)4/h8,11-14H,5-7,9-10,25H2,1-4H3,(H,29,32)(H,30,33). The van der Waals surface area contributed by atoms with Crippen molar-refractivity contribution >= 4 is 41.3 Å². The van der Waals surface area contributed by atoms with E-state index in [4.69, 9.17) is 10.6 Å². The van der Waals surface area contributed by atoms with Crippen LogP contribution in [-0.4, -0.2) is 57.3 Å². The molecule has 3 rings (SSSR count). The third-order valence-electron chi connectivity index (χ3n) is 5.09. The Bertz CT molecular complexity index is 1250. The first kappa shape index (κ1) is 27.3. The van der Waals surface area contributed by atoms with Crippen molar-refractivity contribution in [3.63, 3.8) is 0 Å².